The van der Waals surface area contributed by atoms with E-state index >= 15 is 0 Å². The van der Waals surface area contributed by atoms with E-state index < -0.39 is 0 Å². The molecule has 0 saturated heterocycles. The van der Waals surface area contributed by atoms with Crippen molar-refractivity contribution in [2.24, 2.45) is 0 Å². The summed E-state index contributed by atoms with van der Waals surface area (Å²) in [6.45, 7) is 5.60. The molecular weight excluding hydrogens is 168 g/mol. The molecule has 0 aromatic carbocycles. The van der Waals surface area contributed by atoms with Gasteiger partial charge in [-0.1, -0.05) is 18.7 Å². The third-order valence-electron chi connectivity index (χ3n) is 1.38. The molecule has 0 aliphatic carbocycles. The fourth-order valence-corrected chi connectivity index (χ4v) is 1.65. The second-order valence-electron chi connectivity index (χ2n) is 2.29. The van der Waals surface area contributed by atoms with Crippen LogP contribution in [0.4, 0.5) is 5.00 Å². The predicted octanol–water partition coefficient (Wildman–Crippen LogP) is 2.69. The summed E-state index contributed by atoms with van der Waals surface area (Å²) in [5.74, 6) is 0. The molecule has 0 spiro atoms. The van der Waals surface area contributed by atoms with Crippen LogP contribution in [0.1, 0.15) is 10.7 Å². The molecule has 1 aromatic rings. The quantitative estimate of drug-likeness (QED) is 0.723. The zero-order valence-electron chi connectivity index (χ0n) is 7.29. The molecule has 0 amide bonds. The number of aryl methyl sites for hydroxylation is 1. The van der Waals surface area contributed by atoms with Crippen LogP contribution in [0.15, 0.2) is 18.7 Å². The van der Waals surface area contributed by atoms with Crippen LogP contribution >= 0.6 is 11.3 Å². The minimum absolute atomic E-state index is 0.986. The number of rotatable bonds is 3. The maximum Gasteiger partial charge on any atom is 0.116 e. The first-order chi connectivity index (χ1) is 5.77. The average Bonchev–Trinajstić information content (AvgIpc) is 2.42. The number of aromatic nitrogens is 1. The van der Waals surface area contributed by atoms with Gasteiger partial charge in [-0.3, -0.25) is 0 Å². The molecule has 64 valence electrons. The van der Waals surface area contributed by atoms with E-state index in [1.807, 2.05) is 26.1 Å². The molecule has 12 heavy (non-hydrogen) atoms. The summed E-state index contributed by atoms with van der Waals surface area (Å²) in [6, 6.07) is 0. The maximum atomic E-state index is 4.34. The molecule has 0 atom stereocenters. The van der Waals surface area contributed by atoms with Gasteiger partial charge in [-0.25, -0.2) is 4.98 Å². The van der Waals surface area contributed by atoms with E-state index in [0.717, 1.165) is 15.7 Å². The molecule has 0 saturated carbocycles. The van der Waals surface area contributed by atoms with Gasteiger partial charge in [0, 0.05) is 7.05 Å². The van der Waals surface area contributed by atoms with Crippen LogP contribution in [-0.4, -0.2) is 12.0 Å². The fraction of sp³-hybridized carbons (Fsp3) is 0.222. The standard InChI is InChI=1S/C9H12N2S/c1-4-5-6-8-9(10-3)12-7(2)11-8/h4-6,10H,1H2,2-3H3/b6-5-. The first kappa shape index (κ1) is 9.00. The Labute approximate surface area is 76.7 Å². The second kappa shape index (κ2) is 4.07. The van der Waals surface area contributed by atoms with Gasteiger partial charge < -0.3 is 5.32 Å². The largest absolute Gasteiger partial charge is 0.378 e. The molecule has 0 aliphatic heterocycles. The van der Waals surface area contributed by atoms with Crippen molar-refractivity contribution in [3.05, 3.63) is 29.4 Å². The summed E-state index contributed by atoms with van der Waals surface area (Å²) >= 11 is 1.66. The van der Waals surface area contributed by atoms with Gasteiger partial charge in [0.05, 0.1) is 10.7 Å². The number of anilines is 1. The van der Waals surface area contributed by atoms with Crippen LogP contribution in [-0.2, 0) is 0 Å². The Bertz CT molecular complexity index is 299. The lowest BCUT2D eigenvalue weighted by Crippen LogP contribution is -1.86. The topological polar surface area (TPSA) is 24.9 Å². The summed E-state index contributed by atoms with van der Waals surface area (Å²) in [4.78, 5) is 4.34. The zero-order valence-corrected chi connectivity index (χ0v) is 8.11. The van der Waals surface area contributed by atoms with Crippen molar-refractivity contribution in [2.45, 2.75) is 6.92 Å². The summed E-state index contributed by atoms with van der Waals surface area (Å²) in [7, 11) is 1.90. The molecular formula is C9H12N2S. The monoisotopic (exact) mass is 180 g/mol. The van der Waals surface area contributed by atoms with Gasteiger partial charge in [-0.05, 0) is 13.0 Å². The van der Waals surface area contributed by atoms with Gasteiger partial charge in [-0.15, -0.1) is 11.3 Å². The molecule has 0 fully saturated rings. The summed E-state index contributed by atoms with van der Waals surface area (Å²) in [5, 5.41) is 5.27. The van der Waals surface area contributed by atoms with Crippen LogP contribution in [0.25, 0.3) is 6.08 Å². The van der Waals surface area contributed by atoms with E-state index in [0.29, 0.717) is 0 Å². The first-order valence-corrected chi connectivity index (χ1v) is 4.54. The van der Waals surface area contributed by atoms with Gasteiger partial charge in [0.15, 0.2) is 0 Å². The van der Waals surface area contributed by atoms with Gasteiger partial charge >= 0.3 is 0 Å². The Hall–Kier alpha value is -1.09. The molecule has 0 bridgehead atoms. The van der Waals surface area contributed by atoms with Crippen molar-refractivity contribution in [2.75, 3.05) is 12.4 Å². The number of hydrogen-bond donors (Lipinski definition) is 1. The lowest BCUT2D eigenvalue weighted by molar-refractivity contribution is 1.27. The van der Waals surface area contributed by atoms with E-state index in [1.54, 1.807) is 17.4 Å². The van der Waals surface area contributed by atoms with Crippen molar-refractivity contribution in [1.82, 2.24) is 4.98 Å². The predicted molar refractivity (Wildman–Crippen MR) is 55.6 cm³/mol. The Kier molecular flexibility index (Phi) is 3.05. The molecule has 1 N–H and O–H groups in total. The van der Waals surface area contributed by atoms with E-state index in [2.05, 4.69) is 16.9 Å². The van der Waals surface area contributed by atoms with Crippen molar-refractivity contribution in [3.63, 3.8) is 0 Å². The van der Waals surface area contributed by atoms with E-state index in [1.165, 1.54) is 0 Å². The molecule has 3 heteroatoms. The first-order valence-electron chi connectivity index (χ1n) is 3.72. The van der Waals surface area contributed by atoms with E-state index in [-0.39, 0.29) is 0 Å². The third-order valence-corrected chi connectivity index (χ3v) is 2.38. The van der Waals surface area contributed by atoms with Crippen molar-refractivity contribution < 1.29 is 0 Å². The highest BCUT2D eigenvalue weighted by Crippen LogP contribution is 2.24. The molecule has 0 radical (unpaired) electrons. The van der Waals surface area contributed by atoms with Crippen LogP contribution in [0.5, 0.6) is 0 Å². The molecule has 1 rings (SSSR count). The number of thiazole rings is 1. The lowest BCUT2D eigenvalue weighted by atomic mass is 10.4. The Morgan fingerprint density at radius 3 is 2.92 bits per heavy atom. The van der Waals surface area contributed by atoms with Gasteiger partial charge in [0.25, 0.3) is 0 Å². The summed E-state index contributed by atoms with van der Waals surface area (Å²) in [5.41, 5.74) is 0.986. The van der Waals surface area contributed by atoms with Crippen molar-refractivity contribution in [1.29, 1.82) is 0 Å². The zero-order chi connectivity index (χ0) is 8.97. The maximum absolute atomic E-state index is 4.34. The SMILES string of the molecule is C=C/C=C\c1nc(C)sc1NC. The number of hydrogen-bond acceptors (Lipinski definition) is 3. The molecule has 1 aromatic heterocycles. The van der Waals surface area contributed by atoms with Gasteiger partial charge in [-0.2, -0.15) is 0 Å². The van der Waals surface area contributed by atoms with Gasteiger partial charge in [0.2, 0.25) is 0 Å². The number of nitrogens with zero attached hydrogens (tertiary/aromatic N) is 1. The molecule has 1 heterocycles. The van der Waals surface area contributed by atoms with Crippen LogP contribution < -0.4 is 5.32 Å². The molecule has 0 unspecified atom stereocenters. The molecule has 2 nitrogen and oxygen atoms in total. The highest BCUT2D eigenvalue weighted by Gasteiger charge is 2.02. The second-order valence-corrected chi connectivity index (χ2v) is 3.50. The van der Waals surface area contributed by atoms with Crippen molar-refractivity contribution >= 4 is 22.4 Å². The smallest absolute Gasteiger partial charge is 0.116 e. The van der Waals surface area contributed by atoms with E-state index in [4.69, 9.17) is 0 Å². The average molecular weight is 180 g/mol. The molecule has 0 aliphatic rings. The highest BCUT2D eigenvalue weighted by atomic mass is 32.1. The van der Waals surface area contributed by atoms with Crippen LogP contribution in [0.3, 0.4) is 0 Å². The normalized spacial score (nSPS) is 10.5. The van der Waals surface area contributed by atoms with E-state index in [9.17, 15) is 0 Å². The minimum Gasteiger partial charge on any atom is -0.378 e. The Balaban J connectivity index is 2.96. The van der Waals surface area contributed by atoms with Gasteiger partial charge in [0.1, 0.15) is 5.00 Å². The Morgan fingerprint density at radius 2 is 2.33 bits per heavy atom. The fourth-order valence-electron chi connectivity index (χ4n) is 0.894. The van der Waals surface area contributed by atoms with Crippen LogP contribution in [0.2, 0.25) is 0 Å². The van der Waals surface area contributed by atoms with Crippen LogP contribution in [0, 0.1) is 6.92 Å². The lowest BCUT2D eigenvalue weighted by Gasteiger charge is -1.92. The summed E-state index contributed by atoms with van der Waals surface area (Å²) < 4.78 is 0. The number of nitrogens with one attached hydrogen (secondary N) is 1. The Morgan fingerprint density at radius 1 is 1.58 bits per heavy atom. The van der Waals surface area contributed by atoms with Crippen molar-refractivity contribution in [3.8, 4) is 0 Å². The highest BCUT2D eigenvalue weighted by molar-refractivity contribution is 7.15. The minimum atomic E-state index is 0.986. The number of allylic oxidation sites excluding steroid dienone is 2. The third kappa shape index (κ3) is 1.95. The summed E-state index contributed by atoms with van der Waals surface area (Å²) in [6.07, 6.45) is 5.58.